The van der Waals surface area contributed by atoms with Crippen molar-refractivity contribution >= 4 is 46.8 Å². The van der Waals surface area contributed by atoms with Gasteiger partial charge in [0.1, 0.15) is 24.0 Å². The van der Waals surface area contributed by atoms with E-state index in [1.54, 1.807) is 18.2 Å². The topological polar surface area (TPSA) is 152 Å². The largest absolute Gasteiger partial charge is 0.489 e. The van der Waals surface area contributed by atoms with Crippen LogP contribution in [0, 0.1) is 28.1 Å². The summed E-state index contributed by atoms with van der Waals surface area (Å²) in [5, 5.41) is 15.1. The Labute approximate surface area is 331 Å². The van der Waals surface area contributed by atoms with Crippen molar-refractivity contribution < 1.29 is 28.7 Å². The molecule has 2 saturated heterocycles. The number of nitriles is 1. The van der Waals surface area contributed by atoms with Crippen molar-refractivity contribution in [3.8, 4) is 11.8 Å². The lowest BCUT2D eigenvalue weighted by Gasteiger charge is -2.63. The first kappa shape index (κ1) is 37.7. The molecule has 1 aliphatic carbocycles. The molecule has 0 spiro atoms. The van der Waals surface area contributed by atoms with Crippen LogP contribution in [0.5, 0.6) is 5.75 Å². The van der Waals surface area contributed by atoms with E-state index in [0.717, 1.165) is 54.2 Å². The predicted molar refractivity (Wildman–Crippen MR) is 208 cm³/mol. The van der Waals surface area contributed by atoms with E-state index in [1.165, 1.54) is 0 Å². The summed E-state index contributed by atoms with van der Waals surface area (Å²) in [7, 11) is 0. The molecule has 0 aromatic heterocycles. The van der Waals surface area contributed by atoms with Crippen LogP contribution in [-0.2, 0) is 22.7 Å². The van der Waals surface area contributed by atoms with Gasteiger partial charge in [0.15, 0.2) is 0 Å². The summed E-state index contributed by atoms with van der Waals surface area (Å²) in [4.78, 5) is 69.9. The number of amides is 5. The van der Waals surface area contributed by atoms with Crippen LogP contribution in [0.3, 0.4) is 0 Å². The van der Waals surface area contributed by atoms with Crippen LogP contribution in [0.1, 0.15) is 101 Å². The Morgan fingerprint density at radius 2 is 1.54 bits per heavy atom. The molecule has 0 bridgehead atoms. The van der Waals surface area contributed by atoms with Gasteiger partial charge in [0.2, 0.25) is 11.8 Å². The zero-order valence-corrected chi connectivity index (χ0v) is 32.7. The fraction of sp³-hybridized carbons (Fsp3) is 0.442. The molecule has 290 valence electrons. The lowest BCUT2D eigenvalue weighted by atomic mass is 9.49. The monoisotopic (exact) mass is 776 g/mol. The minimum Gasteiger partial charge on any atom is -0.489 e. The highest BCUT2D eigenvalue weighted by Crippen LogP contribution is 2.55. The van der Waals surface area contributed by atoms with E-state index >= 15 is 0 Å². The van der Waals surface area contributed by atoms with Crippen molar-refractivity contribution in [2.24, 2.45) is 16.7 Å². The Balaban J connectivity index is 0.822. The quantitative estimate of drug-likeness (QED) is 0.285. The normalized spacial score (nSPS) is 24.2. The maximum Gasteiger partial charge on any atom is 0.262 e. The van der Waals surface area contributed by atoms with Gasteiger partial charge in [0.05, 0.1) is 21.7 Å². The number of carbonyl (C=O) groups is 5. The molecular formula is C43H45ClN6O6. The fourth-order valence-electron chi connectivity index (χ4n) is 9.94. The van der Waals surface area contributed by atoms with Crippen molar-refractivity contribution in [1.82, 2.24) is 20.4 Å². The van der Waals surface area contributed by atoms with E-state index in [1.807, 2.05) is 36.4 Å². The number of ether oxygens (including phenoxy) is 1. The molecule has 4 aliphatic heterocycles. The van der Waals surface area contributed by atoms with Crippen LogP contribution in [0.25, 0.3) is 0 Å². The molecule has 13 heteroatoms. The molecule has 56 heavy (non-hydrogen) atoms. The standard InChI is InChI=1S/C43H45ClN6O6/c1-42(2)40(43(3,4)41(42)56-30-10-7-26(20-45)33(44)19-30)47-36(52)25-5-8-29(9-6-25)49-15-13-24(14-16-49)21-48-22-27-17-31-32(18-28(27)23-48)39(55)50(38(31)54)34-11-12-35(51)46-37(34)53/h5-10,17-19,24,34,40-41H,11-16,21-23H2,1-4H3,(H,47,52)(H,46,51,53)/t34-,40-,41-/m1/s1. The van der Waals surface area contributed by atoms with E-state index in [-0.39, 0.29) is 41.7 Å². The lowest BCUT2D eigenvalue weighted by molar-refractivity contribution is -0.164. The van der Waals surface area contributed by atoms with E-state index in [2.05, 4.69) is 54.2 Å². The van der Waals surface area contributed by atoms with Gasteiger partial charge >= 0.3 is 0 Å². The Hall–Kier alpha value is -5.25. The average Bonchev–Trinajstić information content (AvgIpc) is 3.67. The van der Waals surface area contributed by atoms with E-state index in [9.17, 15) is 29.2 Å². The van der Waals surface area contributed by atoms with Gasteiger partial charge < -0.3 is 15.0 Å². The number of anilines is 1. The van der Waals surface area contributed by atoms with Crippen LogP contribution in [0.15, 0.2) is 54.6 Å². The summed E-state index contributed by atoms with van der Waals surface area (Å²) < 4.78 is 6.37. The predicted octanol–water partition coefficient (Wildman–Crippen LogP) is 5.46. The molecule has 3 aromatic carbocycles. The van der Waals surface area contributed by atoms with Crippen LogP contribution < -0.4 is 20.3 Å². The van der Waals surface area contributed by atoms with E-state index in [0.29, 0.717) is 52.0 Å². The fourth-order valence-corrected chi connectivity index (χ4v) is 10.2. The third-order valence-electron chi connectivity index (χ3n) is 12.6. The summed E-state index contributed by atoms with van der Waals surface area (Å²) in [5.41, 5.74) is 4.09. The molecular weight excluding hydrogens is 732 g/mol. The van der Waals surface area contributed by atoms with Crippen molar-refractivity contribution in [3.05, 3.63) is 93.0 Å². The molecule has 5 aliphatic rings. The van der Waals surface area contributed by atoms with Crippen molar-refractivity contribution in [2.45, 2.75) is 84.7 Å². The maximum absolute atomic E-state index is 13.5. The lowest BCUT2D eigenvalue weighted by Crippen LogP contribution is -2.74. The first-order chi connectivity index (χ1) is 26.6. The van der Waals surface area contributed by atoms with Gasteiger partial charge in [-0.25, -0.2) is 0 Å². The number of hydrogen-bond acceptors (Lipinski definition) is 9. The van der Waals surface area contributed by atoms with Gasteiger partial charge in [-0.05, 0) is 84.8 Å². The highest BCUT2D eigenvalue weighted by molar-refractivity contribution is 6.31. The van der Waals surface area contributed by atoms with Gasteiger partial charge in [-0.3, -0.25) is 39.1 Å². The minimum atomic E-state index is -0.966. The minimum absolute atomic E-state index is 0.0937. The third-order valence-corrected chi connectivity index (χ3v) is 12.9. The molecule has 8 rings (SSSR count). The van der Waals surface area contributed by atoms with E-state index < -0.39 is 29.7 Å². The molecule has 3 fully saturated rings. The number of nitrogens with one attached hydrogen (secondary N) is 2. The van der Waals surface area contributed by atoms with Crippen LogP contribution in [0.4, 0.5) is 5.69 Å². The smallest absolute Gasteiger partial charge is 0.262 e. The third kappa shape index (κ3) is 6.50. The van der Waals surface area contributed by atoms with Crippen LogP contribution >= 0.6 is 11.6 Å². The zero-order chi connectivity index (χ0) is 39.7. The molecule has 1 saturated carbocycles. The van der Waals surface area contributed by atoms with Crippen molar-refractivity contribution in [2.75, 3.05) is 24.5 Å². The van der Waals surface area contributed by atoms with Crippen LogP contribution in [0.2, 0.25) is 5.02 Å². The number of nitrogens with zero attached hydrogens (tertiary/aromatic N) is 4. The number of halogens is 1. The van der Waals surface area contributed by atoms with Gasteiger partial charge in [-0.2, -0.15) is 5.26 Å². The Morgan fingerprint density at radius 1 is 0.911 bits per heavy atom. The van der Waals surface area contributed by atoms with Crippen LogP contribution in [-0.4, -0.2) is 77.2 Å². The molecule has 0 unspecified atom stereocenters. The number of rotatable bonds is 8. The SMILES string of the molecule is CC1(C)[C@H](NC(=O)c2ccc(N3CCC(CN4Cc5cc6c(cc5C4)C(=O)N([C@@H]4CCC(=O)NC4=O)C6=O)CC3)cc2)C(C)(C)[C@H]1Oc1ccc(C#N)c(Cl)c1. The molecule has 5 amide bonds. The Morgan fingerprint density at radius 3 is 2.11 bits per heavy atom. The second-order valence-corrected chi connectivity index (χ2v) is 17.5. The number of piperidine rings is 2. The number of carbonyl (C=O) groups excluding carboxylic acids is 5. The second kappa shape index (κ2) is 14.0. The van der Waals surface area contributed by atoms with E-state index in [4.69, 9.17) is 16.3 Å². The highest BCUT2D eigenvalue weighted by atomic mass is 35.5. The summed E-state index contributed by atoms with van der Waals surface area (Å²) in [6.07, 6.45) is 2.09. The Bertz CT molecular complexity index is 2140. The molecule has 3 aromatic rings. The van der Waals surface area contributed by atoms with Gasteiger partial charge in [0.25, 0.3) is 17.7 Å². The number of hydrogen-bond donors (Lipinski definition) is 2. The molecule has 4 heterocycles. The van der Waals surface area contributed by atoms with Crippen molar-refractivity contribution in [3.63, 3.8) is 0 Å². The molecule has 12 nitrogen and oxygen atoms in total. The van der Waals surface area contributed by atoms with Crippen molar-refractivity contribution in [1.29, 1.82) is 5.26 Å². The van der Waals surface area contributed by atoms with Gasteiger partial charge in [-0.15, -0.1) is 0 Å². The average molecular weight is 777 g/mol. The summed E-state index contributed by atoms with van der Waals surface area (Å²) in [6.45, 7) is 12.5. The Kier molecular flexibility index (Phi) is 9.45. The summed E-state index contributed by atoms with van der Waals surface area (Å²) in [6, 6.07) is 17.5. The molecule has 1 atom stereocenters. The highest BCUT2D eigenvalue weighted by Gasteiger charge is 2.64. The summed E-state index contributed by atoms with van der Waals surface area (Å²) in [5.74, 6) is -0.974. The van der Waals surface area contributed by atoms with Gasteiger partial charge in [0, 0.05) is 73.3 Å². The number of fused-ring (bicyclic) bond motifs is 2. The maximum atomic E-state index is 13.5. The first-order valence-corrected chi connectivity index (χ1v) is 19.7. The zero-order valence-electron chi connectivity index (χ0n) is 32.0. The number of benzene rings is 3. The number of imide groups is 2. The molecule has 2 N–H and O–H groups in total. The van der Waals surface area contributed by atoms with Gasteiger partial charge in [-0.1, -0.05) is 39.3 Å². The second-order valence-electron chi connectivity index (χ2n) is 17.1. The first-order valence-electron chi connectivity index (χ1n) is 19.3. The molecule has 0 radical (unpaired) electrons. The summed E-state index contributed by atoms with van der Waals surface area (Å²) >= 11 is 6.25.